The van der Waals surface area contributed by atoms with E-state index in [4.69, 9.17) is 4.74 Å². The van der Waals surface area contributed by atoms with Crippen molar-refractivity contribution in [2.75, 3.05) is 36.6 Å². The normalized spacial score (nSPS) is 21.2. The summed E-state index contributed by atoms with van der Waals surface area (Å²) in [5.74, 6) is -3.12. The molecule has 3 aromatic rings. The highest BCUT2D eigenvalue weighted by Gasteiger charge is 2.50. The number of carbonyl (C=O) groups is 1. The molecule has 1 aromatic heterocycles. The van der Waals surface area contributed by atoms with Gasteiger partial charge in [0.25, 0.3) is 5.91 Å². The standard InChI is InChI=1S/C27H25F4N3O3/c1-16-23(12-22(13-32-16)33-25(36)19-3-2-4-20(10-19)27(29,30)31)17-5-6-18-9-21(14-35)26(28)15-37-8-7-34(26)24(18)11-17/h2-6,10-13,21,35H,7-9,14-15H2,1H3,(H,33,36)/t21-,26+/m1/s1. The summed E-state index contributed by atoms with van der Waals surface area (Å²) in [5, 5.41) is 12.4. The first-order valence-corrected chi connectivity index (χ1v) is 11.8. The number of aryl methyl sites for hydroxylation is 1. The molecule has 2 aromatic carbocycles. The van der Waals surface area contributed by atoms with Crippen molar-refractivity contribution in [3.8, 4) is 11.1 Å². The number of benzene rings is 2. The van der Waals surface area contributed by atoms with Crippen LogP contribution in [0.3, 0.4) is 0 Å². The van der Waals surface area contributed by atoms with Crippen LogP contribution in [0.1, 0.15) is 27.2 Å². The Morgan fingerprint density at radius 2 is 2.05 bits per heavy atom. The molecule has 2 N–H and O–H groups in total. The molecule has 0 unspecified atom stereocenters. The van der Waals surface area contributed by atoms with Crippen LogP contribution in [0.2, 0.25) is 0 Å². The SMILES string of the molecule is Cc1ncc(NC(=O)c2cccc(C(F)(F)F)c2)cc1-c1ccc2c(c1)N1CCOC[C@@]1(F)[C@@H](CO)C2. The Morgan fingerprint density at radius 1 is 1.24 bits per heavy atom. The number of hydrogen-bond acceptors (Lipinski definition) is 5. The van der Waals surface area contributed by atoms with Gasteiger partial charge in [-0.25, -0.2) is 4.39 Å². The lowest BCUT2D eigenvalue weighted by Gasteiger charge is -2.50. The van der Waals surface area contributed by atoms with Crippen molar-refractivity contribution >= 4 is 17.3 Å². The van der Waals surface area contributed by atoms with Gasteiger partial charge in [0.05, 0.1) is 30.7 Å². The summed E-state index contributed by atoms with van der Waals surface area (Å²) < 4.78 is 60.5. The number of rotatable bonds is 4. The number of pyridine rings is 1. The number of fused-ring (bicyclic) bond motifs is 3. The van der Waals surface area contributed by atoms with E-state index in [9.17, 15) is 23.1 Å². The highest BCUT2D eigenvalue weighted by atomic mass is 19.4. The number of morpholine rings is 1. The number of amides is 1. The van der Waals surface area contributed by atoms with Crippen LogP contribution in [-0.2, 0) is 17.3 Å². The van der Waals surface area contributed by atoms with E-state index in [0.29, 0.717) is 42.2 Å². The first-order valence-electron chi connectivity index (χ1n) is 11.8. The topological polar surface area (TPSA) is 74.7 Å². The minimum Gasteiger partial charge on any atom is -0.396 e. The number of carbonyl (C=O) groups excluding carboxylic acids is 1. The van der Waals surface area contributed by atoms with Crippen molar-refractivity contribution < 1.29 is 32.2 Å². The largest absolute Gasteiger partial charge is 0.416 e. The molecule has 37 heavy (non-hydrogen) atoms. The van der Waals surface area contributed by atoms with Gasteiger partial charge in [-0.05, 0) is 54.8 Å². The molecule has 0 radical (unpaired) electrons. The Balaban J connectivity index is 1.45. The van der Waals surface area contributed by atoms with E-state index in [2.05, 4.69) is 10.3 Å². The molecule has 0 saturated carbocycles. The summed E-state index contributed by atoms with van der Waals surface area (Å²) in [6, 6.07) is 11.5. The molecule has 6 nitrogen and oxygen atoms in total. The minimum absolute atomic E-state index is 0.125. The predicted molar refractivity (Wildman–Crippen MR) is 130 cm³/mol. The fourth-order valence-corrected chi connectivity index (χ4v) is 5.01. The second kappa shape index (κ2) is 9.42. The zero-order chi connectivity index (χ0) is 26.4. The number of halogens is 4. The van der Waals surface area contributed by atoms with E-state index in [0.717, 1.165) is 23.3 Å². The van der Waals surface area contributed by atoms with E-state index in [-0.39, 0.29) is 18.8 Å². The van der Waals surface area contributed by atoms with Crippen LogP contribution >= 0.6 is 0 Å². The first-order chi connectivity index (χ1) is 17.6. The number of alkyl halides is 4. The van der Waals surface area contributed by atoms with Crippen molar-refractivity contribution in [2.24, 2.45) is 5.92 Å². The Hall–Kier alpha value is -3.50. The van der Waals surface area contributed by atoms with Gasteiger partial charge in [-0.3, -0.25) is 9.78 Å². The van der Waals surface area contributed by atoms with Crippen LogP contribution in [0.4, 0.5) is 28.9 Å². The highest BCUT2D eigenvalue weighted by Crippen LogP contribution is 2.44. The first kappa shape index (κ1) is 25.2. The van der Waals surface area contributed by atoms with Gasteiger partial charge in [-0.1, -0.05) is 18.2 Å². The van der Waals surface area contributed by atoms with Crippen molar-refractivity contribution in [1.29, 1.82) is 0 Å². The number of aliphatic hydroxyl groups excluding tert-OH is 1. The molecule has 3 heterocycles. The van der Waals surface area contributed by atoms with Gasteiger partial charge in [-0.15, -0.1) is 0 Å². The third-order valence-electron chi connectivity index (χ3n) is 7.01. The van der Waals surface area contributed by atoms with Crippen LogP contribution in [0.5, 0.6) is 0 Å². The molecule has 2 aliphatic rings. The molecule has 0 spiro atoms. The molecule has 10 heteroatoms. The summed E-state index contributed by atoms with van der Waals surface area (Å²) in [7, 11) is 0. The zero-order valence-electron chi connectivity index (χ0n) is 20.0. The number of nitrogens with zero attached hydrogens (tertiary/aromatic N) is 2. The lowest BCUT2D eigenvalue weighted by Crippen LogP contribution is -2.62. The molecule has 1 fully saturated rings. The van der Waals surface area contributed by atoms with Crippen molar-refractivity contribution in [1.82, 2.24) is 4.98 Å². The Kier molecular flexibility index (Phi) is 6.41. The summed E-state index contributed by atoms with van der Waals surface area (Å²) in [5.41, 5.74) is 3.00. The van der Waals surface area contributed by atoms with Crippen molar-refractivity contribution in [2.45, 2.75) is 25.3 Å². The Morgan fingerprint density at radius 3 is 2.81 bits per heavy atom. The van der Waals surface area contributed by atoms with Crippen LogP contribution in [-0.4, -0.2) is 48.2 Å². The average Bonchev–Trinajstić information content (AvgIpc) is 2.88. The number of nitrogens with one attached hydrogen (secondary N) is 1. The monoisotopic (exact) mass is 515 g/mol. The number of hydrogen-bond donors (Lipinski definition) is 2. The van der Waals surface area contributed by atoms with Crippen molar-refractivity contribution in [3.63, 3.8) is 0 Å². The molecular weight excluding hydrogens is 490 g/mol. The third kappa shape index (κ3) is 4.67. The minimum atomic E-state index is -4.56. The van der Waals surface area contributed by atoms with Crippen molar-refractivity contribution in [3.05, 3.63) is 77.1 Å². The van der Waals surface area contributed by atoms with Crippen LogP contribution in [0.25, 0.3) is 11.1 Å². The fourth-order valence-electron chi connectivity index (χ4n) is 5.01. The maximum Gasteiger partial charge on any atom is 0.416 e. The Labute approximate surface area is 210 Å². The van der Waals surface area contributed by atoms with Gasteiger partial charge in [0, 0.05) is 35.0 Å². The number of ether oxygens (including phenoxy) is 1. The predicted octanol–water partition coefficient (Wildman–Crippen LogP) is 5.00. The van der Waals surface area contributed by atoms with E-state index >= 15 is 4.39 Å². The highest BCUT2D eigenvalue weighted by molar-refractivity contribution is 6.04. The van der Waals surface area contributed by atoms with Crippen LogP contribution in [0, 0.1) is 12.8 Å². The summed E-state index contributed by atoms with van der Waals surface area (Å²) >= 11 is 0. The fraction of sp³-hybridized carbons (Fsp3) is 0.333. The van der Waals surface area contributed by atoms with Crippen LogP contribution < -0.4 is 10.2 Å². The molecule has 5 rings (SSSR count). The molecule has 1 amide bonds. The van der Waals surface area contributed by atoms with E-state index in [1.165, 1.54) is 18.3 Å². The molecule has 0 bridgehead atoms. The molecule has 194 valence electrons. The lowest BCUT2D eigenvalue weighted by molar-refractivity contribution is -0.137. The summed E-state index contributed by atoms with van der Waals surface area (Å²) in [6.07, 6.45) is -2.76. The van der Waals surface area contributed by atoms with Gasteiger partial charge in [0.2, 0.25) is 5.79 Å². The number of aromatic nitrogens is 1. The Bertz CT molecular complexity index is 1350. The van der Waals surface area contributed by atoms with Gasteiger partial charge in [-0.2, -0.15) is 13.2 Å². The molecular formula is C27H25F4N3O3. The third-order valence-corrected chi connectivity index (χ3v) is 7.01. The number of aliphatic hydroxyl groups is 1. The van der Waals surface area contributed by atoms with E-state index in [1.807, 2.05) is 18.2 Å². The van der Waals surface area contributed by atoms with E-state index < -0.39 is 29.4 Å². The van der Waals surface area contributed by atoms with Gasteiger partial charge >= 0.3 is 6.18 Å². The summed E-state index contributed by atoms with van der Waals surface area (Å²) in [4.78, 5) is 18.7. The van der Waals surface area contributed by atoms with Gasteiger partial charge < -0.3 is 20.1 Å². The second-order valence-electron chi connectivity index (χ2n) is 9.34. The van der Waals surface area contributed by atoms with Gasteiger partial charge in [0.1, 0.15) is 6.61 Å². The molecule has 1 saturated heterocycles. The average molecular weight is 516 g/mol. The lowest BCUT2D eigenvalue weighted by atomic mass is 9.83. The smallest absolute Gasteiger partial charge is 0.396 e. The maximum atomic E-state index is 16.0. The van der Waals surface area contributed by atoms with E-state index in [1.54, 1.807) is 17.9 Å². The van der Waals surface area contributed by atoms with Crippen LogP contribution in [0.15, 0.2) is 54.7 Å². The maximum absolute atomic E-state index is 16.0. The molecule has 2 atom stereocenters. The zero-order valence-corrected chi connectivity index (χ0v) is 20.0. The number of anilines is 2. The summed E-state index contributed by atoms with van der Waals surface area (Å²) in [6.45, 7) is 2.08. The molecule has 0 aliphatic carbocycles. The second-order valence-corrected chi connectivity index (χ2v) is 9.34. The quantitative estimate of drug-likeness (QED) is 0.378. The molecule has 2 aliphatic heterocycles. The van der Waals surface area contributed by atoms with Gasteiger partial charge in [0.15, 0.2) is 0 Å².